The van der Waals surface area contributed by atoms with Crippen LogP contribution in [0.25, 0.3) is 0 Å². The highest BCUT2D eigenvalue weighted by Crippen LogP contribution is 2.41. The molecule has 0 amide bonds. The van der Waals surface area contributed by atoms with Gasteiger partial charge in [-0.25, -0.2) is 0 Å². The Morgan fingerprint density at radius 3 is 2.86 bits per heavy atom. The van der Waals surface area contributed by atoms with E-state index in [0.717, 1.165) is 13.1 Å². The number of nitrogens with zero attached hydrogens (tertiary/aromatic N) is 1. The van der Waals surface area contributed by atoms with Crippen molar-refractivity contribution in [2.45, 2.75) is 37.8 Å². The van der Waals surface area contributed by atoms with Crippen molar-refractivity contribution in [2.75, 3.05) is 6.54 Å². The molecule has 1 aromatic heterocycles. The Morgan fingerprint density at radius 1 is 1.29 bits per heavy atom. The van der Waals surface area contributed by atoms with E-state index in [1.54, 1.807) is 0 Å². The molecule has 3 rings (SSSR count). The van der Waals surface area contributed by atoms with Crippen LogP contribution in [0.15, 0.2) is 16.7 Å². The van der Waals surface area contributed by atoms with E-state index in [9.17, 15) is 0 Å². The summed E-state index contributed by atoms with van der Waals surface area (Å²) in [6, 6.07) is 4.46. The lowest BCUT2D eigenvalue weighted by atomic mass is 9.91. The van der Waals surface area contributed by atoms with Crippen LogP contribution in [0.4, 0.5) is 0 Å². The van der Waals surface area contributed by atoms with E-state index < -0.39 is 0 Å². The molecule has 1 spiro atoms. The normalized spacial score (nSPS) is 24.1. The van der Waals surface area contributed by atoms with Crippen molar-refractivity contribution in [2.24, 2.45) is 0 Å². The van der Waals surface area contributed by atoms with Crippen LogP contribution in [0.5, 0.6) is 0 Å². The van der Waals surface area contributed by atoms with Crippen molar-refractivity contribution in [3.63, 3.8) is 0 Å². The molecule has 2 nitrogen and oxygen atoms in total. The quantitative estimate of drug-likeness (QED) is 0.754. The first-order valence-corrected chi connectivity index (χ1v) is 6.22. The molecule has 2 heterocycles. The van der Waals surface area contributed by atoms with Gasteiger partial charge in [0, 0.05) is 18.8 Å². The molecule has 0 saturated heterocycles. The lowest BCUT2D eigenvalue weighted by Crippen LogP contribution is -2.47. The van der Waals surface area contributed by atoms with Gasteiger partial charge in [0.2, 0.25) is 0 Å². The van der Waals surface area contributed by atoms with Crippen LogP contribution >= 0.6 is 15.9 Å². The van der Waals surface area contributed by atoms with Gasteiger partial charge in [0.05, 0.1) is 10.1 Å². The van der Waals surface area contributed by atoms with Crippen molar-refractivity contribution in [3.8, 4) is 0 Å². The molecular weight excluding hydrogens is 240 g/mol. The summed E-state index contributed by atoms with van der Waals surface area (Å²) in [7, 11) is 0. The zero-order valence-electron chi connectivity index (χ0n) is 8.22. The zero-order chi connectivity index (χ0) is 9.60. The summed E-state index contributed by atoms with van der Waals surface area (Å²) in [4.78, 5) is 0. The van der Waals surface area contributed by atoms with E-state index in [1.807, 2.05) is 0 Å². The average Bonchev–Trinajstić information content (AvgIpc) is 2.77. The van der Waals surface area contributed by atoms with Crippen LogP contribution in [0.2, 0.25) is 0 Å². The lowest BCUT2D eigenvalue weighted by Gasteiger charge is -2.36. The van der Waals surface area contributed by atoms with Gasteiger partial charge in [0.1, 0.15) is 0 Å². The monoisotopic (exact) mass is 254 g/mol. The minimum atomic E-state index is 0.310. The molecule has 14 heavy (non-hydrogen) atoms. The Bertz CT molecular complexity index is 350. The third kappa shape index (κ3) is 1.12. The summed E-state index contributed by atoms with van der Waals surface area (Å²) >= 11 is 3.62. The number of nitrogens with one attached hydrogen (secondary N) is 1. The molecule has 0 radical (unpaired) electrons. The Labute approximate surface area is 92.8 Å². The second kappa shape index (κ2) is 3.11. The van der Waals surface area contributed by atoms with Gasteiger partial charge in [-0.05, 0) is 40.9 Å². The van der Waals surface area contributed by atoms with E-state index in [1.165, 1.54) is 36.0 Å². The van der Waals surface area contributed by atoms with E-state index in [4.69, 9.17) is 0 Å². The molecule has 1 N–H and O–H groups in total. The summed E-state index contributed by atoms with van der Waals surface area (Å²) < 4.78 is 3.65. The Morgan fingerprint density at radius 2 is 2.07 bits per heavy atom. The van der Waals surface area contributed by atoms with Gasteiger partial charge in [0.25, 0.3) is 0 Å². The van der Waals surface area contributed by atoms with Crippen molar-refractivity contribution >= 4 is 15.9 Å². The largest absolute Gasteiger partial charge is 0.336 e. The van der Waals surface area contributed by atoms with Gasteiger partial charge in [0.15, 0.2) is 0 Å². The molecule has 1 aliphatic carbocycles. The zero-order valence-corrected chi connectivity index (χ0v) is 9.81. The summed E-state index contributed by atoms with van der Waals surface area (Å²) in [5.41, 5.74) is 1.80. The predicted octanol–water partition coefficient (Wildman–Crippen LogP) is 2.62. The molecule has 0 atom stereocenters. The molecule has 2 aliphatic rings. The fraction of sp³-hybridized carbons (Fsp3) is 0.636. The molecule has 76 valence electrons. The standard InChI is InChI=1S/C11H15BrN2/c12-10-4-3-9-11(5-1-2-6-11)13-7-8-14(9)10/h3-4,13H,1-2,5-8H2. The molecule has 3 heteroatoms. The molecule has 0 aromatic carbocycles. The number of hydrogen-bond acceptors (Lipinski definition) is 1. The van der Waals surface area contributed by atoms with Crippen LogP contribution in [0, 0.1) is 0 Å². The Kier molecular flexibility index (Phi) is 1.99. The molecule has 1 fully saturated rings. The summed E-state index contributed by atoms with van der Waals surface area (Å²) in [6.07, 6.45) is 5.36. The fourth-order valence-electron chi connectivity index (χ4n) is 3.00. The minimum Gasteiger partial charge on any atom is -0.336 e. The van der Waals surface area contributed by atoms with Crippen molar-refractivity contribution in [1.29, 1.82) is 0 Å². The van der Waals surface area contributed by atoms with Gasteiger partial charge < -0.3 is 9.88 Å². The second-order valence-corrected chi connectivity index (χ2v) is 5.22. The van der Waals surface area contributed by atoms with E-state index >= 15 is 0 Å². The van der Waals surface area contributed by atoms with Crippen LogP contribution in [-0.2, 0) is 12.1 Å². The first-order valence-electron chi connectivity index (χ1n) is 5.42. The second-order valence-electron chi connectivity index (χ2n) is 4.41. The lowest BCUT2D eigenvalue weighted by molar-refractivity contribution is 0.278. The number of hydrogen-bond donors (Lipinski definition) is 1. The molecule has 1 aromatic rings. The van der Waals surface area contributed by atoms with Crippen molar-refractivity contribution < 1.29 is 0 Å². The van der Waals surface area contributed by atoms with Crippen LogP contribution in [0.3, 0.4) is 0 Å². The molecule has 0 unspecified atom stereocenters. The highest BCUT2D eigenvalue weighted by molar-refractivity contribution is 9.10. The summed E-state index contributed by atoms with van der Waals surface area (Å²) in [5, 5.41) is 3.72. The summed E-state index contributed by atoms with van der Waals surface area (Å²) in [5.74, 6) is 0. The SMILES string of the molecule is Brc1ccc2n1CCNC21CCCC1. The molecule has 1 saturated carbocycles. The van der Waals surface area contributed by atoms with Crippen molar-refractivity contribution in [3.05, 3.63) is 22.4 Å². The predicted molar refractivity (Wildman–Crippen MR) is 60.3 cm³/mol. The fourth-order valence-corrected chi connectivity index (χ4v) is 3.50. The van der Waals surface area contributed by atoms with Crippen LogP contribution < -0.4 is 5.32 Å². The first kappa shape index (κ1) is 8.98. The van der Waals surface area contributed by atoms with E-state index in [0.29, 0.717) is 5.54 Å². The maximum atomic E-state index is 3.72. The van der Waals surface area contributed by atoms with Crippen LogP contribution in [0.1, 0.15) is 31.4 Å². The number of fused-ring (bicyclic) bond motifs is 2. The third-order valence-corrected chi connectivity index (χ3v) is 4.37. The number of halogens is 1. The van der Waals surface area contributed by atoms with Gasteiger partial charge >= 0.3 is 0 Å². The van der Waals surface area contributed by atoms with Gasteiger partial charge in [-0.2, -0.15) is 0 Å². The smallest absolute Gasteiger partial charge is 0.0849 e. The maximum Gasteiger partial charge on any atom is 0.0849 e. The molecular formula is C11H15BrN2. The first-order chi connectivity index (χ1) is 6.82. The van der Waals surface area contributed by atoms with Gasteiger partial charge in [-0.3, -0.25) is 0 Å². The Balaban J connectivity index is 2.10. The molecule has 1 aliphatic heterocycles. The number of aromatic nitrogens is 1. The topological polar surface area (TPSA) is 17.0 Å². The minimum absolute atomic E-state index is 0.310. The van der Waals surface area contributed by atoms with E-state index in [2.05, 4.69) is 37.9 Å². The van der Waals surface area contributed by atoms with Gasteiger partial charge in [-0.15, -0.1) is 0 Å². The average molecular weight is 255 g/mol. The molecule has 0 bridgehead atoms. The number of rotatable bonds is 0. The van der Waals surface area contributed by atoms with Crippen LogP contribution in [-0.4, -0.2) is 11.1 Å². The van der Waals surface area contributed by atoms with E-state index in [-0.39, 0.29) is 0 Å². The van der Waals surface area contributed by atoms with Crippen molar-refractivity contribution in [1.82, 2.24) is 9.88 Å². The Hall–Kier alpha value is -0.280. The maximum absolute atomic E-state index is 3.72. The highest BCUT2D eigenvalue weighted by atomic mass is 79.9. The summed E-state index contributed by atoms with van der Waals surface area (Å²) in [6.45, 7) is 2.21. The van der Waals surface area contributed by atoms with Gasteiger partial charge in [-0.1, -0.05) is 12.8 Å². The third-order valence-electron chi connectivity index (χ3n) is 3.67. The highest BCUT2D eigenvalue weighted by Gasteiger charge is 2.39.